The van der Waals surface area contributed by atoms with Crippen LogP contribution in [-0.2, 0) is 9.53 Å². The van der Waals surface area contributed by atoms with Gasteiger partial charge in [-0.1, -0.05) is 6.42 Å². The van der Waals surface area contributed by atoms with Gasteiger partial charge in [-0.25, -0.2) is 0 Å². The average molecular weight is 212 g/mol. The van der Waals surface area contributed by atoms with Crippen molar-refractivity contribution in [1.29, 1.82) is 0 Å². The minimum absolute atomic E-state index is 0.0401. The predicted molar refractivity (Wildman–Crippen MR) is 57.3 cm³/mol. The van der Waals surface area contributed by atoms with Crippen molar-refractivity contribution in [2.24, 2.45) is 17.6 Å². The van der Waals surface area contributed by atoms with Crippen LogP contribution in [0, 0.1) is 11.8 Å². The Bertz CT molecular complexity index is 233. The van der Waals surface area contributed by atoms with Crippen LogP contribution in [0.4, 0.5) is 0 Å². The molecule has 0 aliphatic heterocycles. The van der Waals surface area contributed by atoms with Gasteiger partial charge in [0.05, 0.1) is 6.61 Å². The van der Waals surface area contributed by atoms with Crippen molar-refractivity contribution in [1.82, 2.24) is 5.32 Å². The molecular formula is C11H20N2O2. The molecule has 0 aromatic heterocycles. The average Bonchev–Trinajstić information content (AvgIpc) is 2.78. The first kappa shape index (κ1) is 10.9. The maximum atomic E-state index is 10.4. The summed E-state index contributed by atoms with van der Waals surface area (Å²) in [7, 11) is 0. The lowest BCUT2D eigenvalue weighted by Gasteiger charge is -2.22. The van der Waals surface area contributed by atoms with E-state index in [-0.39, 0.29) is 6.61 Å². The van der Waals surface area contributed by atoms with Crippen LogP contribution in [0.25, 0.3) is 0 Å². The van der Waals surface area contributed by atoms with Crippen LogP contribution in [0.15, 0.2) is 0 Å². The van der Waals surface area contributed by atoms with Gasteiger partial charge in [-0.15, -0.1) is 0 Å². The number of ether oxygens (including phenoxy) is 1. The highest BCUT2D eigenvalue weighted by Gasteiger charge is 2.38. The van der Waals surface area contributed by atoms with Gasteiger partial charge in [0.2, 0.25) is 5.91 Å². The zero-order chi connectivity index (χ0) is 10.7. The van der Waals surface area contributed by atoms with E-state index in [2.05, 4.69) is 5.32 Å². The highest BCUT2D eigenvalue weighted by atomic mass is 16.5. The van der Waals surface area contributed by atoms with E-state index in [1.54, 1.807) is 0 Å². The molecule has 0 aromatic rings. The zero-order valence-corrected chi connectivity index (χ0v) is 9.08. The number of fused-ring (bicyclic) bond motifs is 2. The Morgan fingerprint density at radius 1 is 1.40 bits per heavy atom. The molecule has 0 spiro atoms. The molecule has 3 atom stereocenters. The fourth-order valence-electron chi connectivity index (χ4n) is 2.98. The van der Waals surface area contributed by atoms with E-state index in [1.807, 2.05) is 0 Å². The highest BCUT2D eigenvalue weighted by molar-refractivity contribution is 5.74. The molecule has 2 aliphatic carbocycles. The molecule has 2 rings (SSSR count). The van der Waals surface area contributed by atoms with Crippen molar-refractivity contribution in [3.63, 3.8) is 0 Å². The summed E-state index contributed by atoms with van der Waals surface area (Å²) in [5.41, 5.74) is 4.96. The van der Waals surface area contributed by atoms with Gasteiger partial charge in [-0.2, -0.15) is 0 Å². The lowest BCUT2D eigenvalue weighted by molar-refractivity contribution is -0.122. The highest BCUT2D eigenvalue weighted by Crippen LogP contribution is 2.44. The van der Waals surface area contributed by atoms with E-state index in [9.17, 15) is 4.79 Å². The molecule has 0 saturated heterocycles. The first-order chi connectivity index (χ1) is 7.25. The summed E-state index contributed by atoms with van der Waals surface area (Å²) in [5, 5.41) is 3.51. The molecule has 1 amide bonds. The monoisotopic (exact) mass is 212 g/mol. The van der Waals surface area contributed by atoms with Gasteiger partial charge >= 0.3 is 0 Å². The SMILES string of the molecule is NC(=O)COCCNC1CC2CCC1C2. The van der Waals surface area contributed by atoms with Crippen molar-refractivity contribution in [2.45, 2.75) is 31.7 Å². The molecule has 0 aromatic carbocycles. The van der Waals surface area contributed by atoms with E-state index in [4.69, 9.17) is 10.5 Å². The number of rotatable bonds is 6. The van der Waals surface area contributed by atoms with Crippen LogP contribution in [-0.4, -0.2) is 31.7 Å². The Balaban J connectivity index is 1.53. The minimum atomic E-state index is -0.394. The lowest BCUT2D eigenvalue weighted by atomic mass is 9.95. The van der Waals surface area contributed by atoms with Gasteiger partial charge in [0.25, 0.3) is 0 Å². The van der Waals surface area contributed by atoms with Crippen molar-refractivity contribution in [3.8, 4) is 0 Å². The molecule has 0 radical (unpaired) electrons. The number of carbonyl (C=O) groups excluding carboxylic acids is 1. The Kier molecular flexibility index (Phi) is 3.59. The number of primary amides is 1. The Morgan fingerprint density at radius 3 is 2.87 bits per heavy atom. The molecule has 3 unspecified atom stereocenters. The third kappa shape index (κ3) is 2.92. The van der Waals surface area contributed by atoms with E-state index in [0.717, 1.165) is 18.4 Å². The first-order valence-electron chi connectivity index (χ1n) is 5.85. The molecule has 15 heavy (non-hydrogen) atoms. The molecule has 2 bridgehead atoms. The van der Waals surface area contributed by atoms with Gasteiger partial charge in [0, 0.05) is 12.6 Å². The van der Waals surface area contributed by atoms with Gasteiger partial charge in [-0.05, 0) is 31.1 Å². The smallest absolute Gasteiger partial charge is 0.243 e. The van der Waals surface area contributed by atoms with Crippen LogP contribution in [0.2, 0.25) is 0 Å². The summed E-state index contributed by atoms with van der Waals surface area (Å²) in [6.07, 6.45) is 5.58. The van der Waals surface area contributed by atoms with Crippen molar-refractivity contribution >= 4 is 5.91 Å². The fourth-order valence-corrected chi connectivity index (χ4v) is 2.98. The molecule has 86 valence electrons. The number of nitrogens with two attached hydrogens (primary N) is 1. The van der Waals surface area contributed by atoms with Gasteiger partial charge < -0.3 is 15.8 Å². The molecular weight excluding hydrogens is 192 g/mol. The predicted octanol–water partition coefficient (Wildman–Crippen LogP) is 0.266. The summed E-state index contributed by atoms with van der Waals surface area (Å²) in [6, 6.07) is 0.695. The first-order valence-corrected chi connectivity index (χ1v) is 5.85. The van der Waals surface area contributed by atoms with Crippen LogP contribution >= 0.6 is 0 Å². The standard InChI is InChI=1S/C11H20N2O2/c12-11(14)7-15-4-3-13-10-6-8-1-2-9(10)5-8/h8-10,13H,1-7H2,(H2,12,14). The maximum absolute atomic E-state index is 10.4. The van der Waals surface area contributed by atoms with Gasteiger partial charge in [0.1, 0.15) is 6.61 Å². The second-order valence-corrected chi connectivity index (χ2v) is 4.75. The van der Waals surface area contributed by atoms with E-state index in [0.29, 0.717) is 12.6 Å². The second kappa shape index (κ2) is 4.94. The Hall–Kier alpha value is -0.610. The lowest BCUT2D eigenvalue weighted by Crippen LogP contribution is -2.36. The zero-order valence-electron chi connectivity index (χ0n) is 9.08. The van der Waals surface area contributed by atoms with Crippen LogP contribution in [0.5, 0.6) is 0 Å². The number of hydrogen-bond donors (Lipinski definition) is 2. The molecule has 0 heterocycles. The van der Waals surface area contributed by atoms with Crippen molar-refractivity contribution in [2.75, 3.05) is 19.8 Å². The minimum Gasteiger partial charge on any atom is -0.370 e. The van der Waals surface area contributed by atoms with Crippen LogP contribution in [0.1, 0.15) is 25.7 Å². The summed E-state index contributed by atoms with van der Waals surface area (Å²) >= 11 is 0. The third-order valence-corrected chi connectivity index (χ3v) is 3.64. The Morgan fingerprint density at radius 2 is 2.27 bits per heavy atom. The summed E-state index contributed by atoms with van der Waals surface area (Å²) < 4.78 is 5.10. The van der Waals surface area contributed by atoms with E-state index < -0.39 is 5.91 Å². The molecule has 2 fully saturated rings. The topological polar surface area (TPSA) is 64.4 Å². The fraction of sp³-hybridized carbons (Fsp3) is 0.909. The number of nitrogens with one attached hydrogen (secondary N) is 1. The van der Waals surface area contributed by atoms with Crippen LogP contribution < -0.4 is 11.1 Å². The van der Waals surface area contributed by atoms with Gasteiger partial charge in [-0.3, -0.25) is 4.79 Å². The molecule has 2 saturated carbocycles. The quantitative estimate of drug-likeness (QED) is 0.621. The number of hydrogen-bond acceptors (Lipinski definition) is 3. The normalized spacial score (nSPS) is 33.5. The maximum Gasteiger partial charge on any atom is 0.243 e. The summed E-state index contributed by atoms with van der Waals surface area (Å²) in [4.78, 5) is 10.4. The van der Waals surface area contributed by atoms with Crippen molar-refractivity contribution in [3.05, 3.63) is 0 Å². The van der Waals surface area contributed by atoms with Crippen molar-refractivity contribution < 1.29 is 9.53 Å². The van der Waals surface area contributed by atoms with E-state index >= 15 is 0 Å². The third-order valence-electron chi connectivity index (χ3n) is 3.64. The number of amides is 1. The summed E-state index contributed by atoms with van der Waals surface area (Å²) in [5.74, 6) is 1.47. The Labute approximate surface area is 90.5 Å². The van der Waals surface area contributed by atoms with E-state index in [1.165, 1.54) is 25.7 Å². The number of carbonyl (C=O) groups is 1. The largest absolute Gasteiger partial charge is 0.370 e. The second-order valence-electron chi connectivity index (χ2n) is 4.75. The summed E-state index contributed by atoms with van der Waals surface area (Å²) in [6.45, 7) is 1.45. The molecule has 4 heteroatoms. The van der Waals surface area contributed by atoms with Crippen LogP contribution in [0.3, 0.4) is 0 Å². The molecule has 2 aliphatic rings. The van der Waals surface area contributed by atoms with Gasteiger partial charge in [0.15, 0.2) is 0 Å². The molecule has 4 nitrogen and oxygen atoms in total. The molecule has 3 N–H and O–H groups in total.